The monoisotopic (exact) mass is 370 g/mol. The highest BCUT2D eigenvalue weighted by Gasteiger charge is 2.48. The molecule has 0 spiro atoms. The molecule has 1 amide bonds. The number of fused-ring (bicyclic) bond motifs is 1. The molecule has 1 aliphatic carbocycles. The fraction of sp³-hybridized carbons (Fsp3) is 0.778. The lowest BCUT2D eigenvalue weighted by Crippen LogP contribution is -2.39. The van der Waals surface area contributed by atoms with Gasteiger partial charge in [-0.25, -0.2) is 4.68 Å². The van der Waals surface area contributed by atoms with E-state index in [-0.39, 0.29) is 30.3 Å². The molecule has 1 aromatic heterocycles. The van der Waals surface area contributed by atoms with E-state index in [1.165, 1.54) is 0 Å². The first-order valence-electron chi connectivity index (χ1n) is 9.52. The molecule has 0 aromatic carbocycles. The lowest BCUT2D eigenvalue weighted by molar-refractivity contribution is -0.173. The predicted molar refractivity (Wildman–Crippen MR) is 90.6 cm³/mol. The Morgan fingerprint density at radius 3 is 2.73 bits per heavy atom. The summed E-state index contributed by atoms with van der Waals surface area (Å²) in [5.74, 6) is 1.05. The summed E-state index contributed by atoms with van der Waals surface area (Å²) in [6, 6.07) is -0.310. The number of nitrogens with zero attached hydrogens (tertiary/aromatic N) is 3. The van der Waals surface area contributed by atoms with Gasteiger partial charge >= 0.3 is 6.18 Å². The lowest BCUT2D eigenvalue weighted by atomic mass is 10.0. The van der Waals surface area contributed by atoms with Gasteiger partial charge < -0.3 is 10.2 Å². The van der Waals surface area contributed by atoms with Crippen LogP contribution < -0.4 is 5.32 Å². The van der Waals surface area contributed by atoms with Gasteiger partial charge in [-0.05, 0) is 38.0 Å². The van der Waals surface area contributed by atoms with Crippen LogP contribution in [-0.2, 0) is 4.79 Å². The number of alkyl halides is 3. The molecule has 1 saturated carbocycles. The minimum absolute atomic E-state index is 0.0129. The molecule has 4 rings (SSSR count). The van der Waals surface area contributed by atoms with E-state index in [0.717, 1.165) is 23.9 Å². The molecule has 0 bridgehead atoms. The second-order valence-corrected chi connectivity index (χ2v) is 7.95. The Hall–Kier alpha value is -1.73. The van der Waals surface area contributed by atoms with Crippen molar-refractivity contribution in [3.8, 4) is 0 Å². The molecule has 1 saturated heterocycles. The smallest absolute Gasteiger partial charge is 0.367 e. The van der Waals surface area contributed by atoms with Crippen molar-refractivity contribution >= 4 is 11.7 Å². The van der Waals surface area contributed by atoms with Gasteiger partial charge in [0.25, 0.3) is 0 Å². The zero-order valence-corrected chi connectivity index (χ0v) is 15.1. The van der Waals surface area contributed by atoms with Crippen molar-refractivity contribution in [2.75, 3.05) is 11.9 Å². The van der Waals surface area contributed by atoms with E-state index < -0.39 is 12.2 Å². The van der Waals surface area contributed by atoms with Crippen molar-refractivity contribution in [2.45, 2.75) is 70.3 Å². The van der Waals surface area contributed by atoms with Gasteiger partial charge in [-0.15, -0.1) is 0 Å². The fourth-order valence-corrected chi connectivity index (χ4v) is 4.32. The van der Waals surface area contributed by atoms with Crippen molar-refractivity contribution in [3.63, 3.8) is 0 Å². The summed E-state index contributed by atoms with van der Waals surface area (Å²) in [6.45, 7) is 4.61. The summed E-state index contributed by atoms with van der Waals surface area (Å²) >= 11 is 0. The highest BCUT2D eigenvalue weighted by atomic mass is 19.4. The average Bonchev–Trinajstić information content (AvgIpc) is 3.01. The molecule has 0 radical (unpaired) electrons. The van der Waals surface area contributed by atoms with E-state index in [1.54, 1.807) is 6.07 Å². The average molecular weight is 370 g/mol. The Balaban J connectivity index is 1.62. The topological polar surface area (TPSA) is 50.2 Å². The molecule has 8 heteroatoms. The van der Waals surface area contributed by atoms with E-state index in [0.29, 0.717) is 30.4 Å². The van der Waals surface area contributed by atoms with E-state index in [2.05, 4.69) is 17.3 Å². The molecule has 0 unspecified atom stereocenters. The normalized spacial score (nSPS) is 33.7. The van der Waals surface area contributed by atoms with Crippen LogP contribution in [0.3, 0.4) is 0 Å². The van der Waals surface area contributed by atoms with Crippen LogP contribution in [0.15, 0.2) is 6.07 Å². The molecule has 5 nitrogen and oxygen atoms in total. The molecular weight excluding hydrogens is 345 g/mol. The van der Waals surface area contributed by atoms with Gasteiger partial charge in [-0.3, -0.25) is 4.79 Å². The molecule has 2 aliphatic heterocycles. The summed E-state index contributed by atoms with van der Waals surface area (Å²) in [6.07, 6.45) is -1.17. The minimum Gasteiger partial charge on any atom is -0.367 e. The Labute approximate surface area is 150 Å². The number of rotatable bonds is 3. The maximum Gasteiger partial charge on any atom is 0.410 e. The van der Waals surface area contributed by atoms with Crippen LogP contribution in [0.25, 0.3) is 0 Å². The number of aromatic nitrogens is 2. The lowest BCUT2D eigenvalue weighted by Gasteiger charge is -2.32. The Bertz CT molecular complexity index is 701. The van der Waals surface area contributed by atoms with Crippen molar-refractivity contribution in [3.05, 3.63) is 11.8 Å². The van der Waals surface area contributed by atoms with Crippen molar-refractivity contribution in [2.24, 2.45) is 11.8 Å². The van der Waals surface area contributed by atoms with Gasteiger partial charge in [0, 0.05) is 24.6 Å². The number of hydrogen-bond acceptors (Lipinski definition) is 3. The van der Waals surface area contributed by atoms with Crippen LogP contribution in [0, 0.1) is 11.8 Å². The molecule has 1 aromatic rings. The summed E-state index contributed by atoms with van der Waals surface area (Å²) in [5, 5.41) is 7.50. The van der Waals surface area contributed by atoms with E-state index in [4.69, 9.17) is 0 Å². The number of halogens is 3. The largest absolute Gasteiger partial charge is 0.410 e. The molecular formula is C18H25F3N4O. The van der Waals surface area contributed by atoms with Crippen LogP contribution in [-0.4, -0.2) is 39.4 Å². The van der Waals surface area contributed by atoms with Crippen molar-refractivity contribution in [1.82, 2.24) is 14.7 Å². The van der Waals surface area contributed by atoms with E-state index in [9.17, 15) is 18.0 Å². The maximum absolute atomic E-state index is 13.5. The second-order valence-electron chi connectivity index (χ2n) is 7.95. The molecule has 144 valence electrons. The van der Waals surface area contributed by atoms with E-state index >= 15 is 0 Å². The first-order valence-corrected chi connectivity index (χ1v) is 9.52. The highest BCUT2D eigenvalue weighted by molar-refractivity contribution is 5.82. The van der Waals surface area contributed by atoms with Crippen LogP contribution in [0.2, 0.25) is 0 Å². The Morgan fingerprint density at radius 1 is 1.38 bits per heavy atom. The minimum atomic E-state index is -4.33. The maximum atomic E-state index is 13.5. The first kappa shape index (κ1) is 17.7. The molecule has 1 N–H and O–H groups in total. The molecule has 3 aliphatic rings. The SMILES string of the molecule is CC[C@@H]1C[C@H](C(F)(F)F)n2nc([C@@H]3CCCN3C(=O)[C@@H]3C[C@@H]3C)cc2N1. The third-order valence-corrected chi connectivity index (χ3v) is 6.08. The van der Waals surface area contributed by atoms with Crippen LogP contribution >= 0.6 is 0 Å². The first-order chi connectivity index (χ1) is 12.3. The number of likely N-dealkylation sites (tertiary alicyclic amines) is 1. The molecule has 26 heavy (non-hydrogen) atoms. The highest BCUT2D eigenvalue weighted by Crippen LogP contribution is 2.45. The summed E-state index contributed by atoms with van der Waals surface area (Å²) in [5.41, 5.74) is 0.581. The van der Waals surface area contributed by atoms with Gasteiger partial charge in [0.05, 0.1) is 11.7 Å². The van der Waals surface area contributed by atoms with Crippen molar-refractivity contribution in [1.29, 1.82) is 0 Å². The van der Waals surface area contributed by atoms with Crippen LogP contribution in [0.5, 0.6) is 0 Å². The Morgan fingerprint density at radius 2 is 2.12 bits per heavy atom. The number of amides is 1. The van der Waals surface area contributed by atoms with Gasteiger partial charge in [-0.2, -0.15) is 18.3 Å². The zero-order chi connectivity index (χ0) is 18.6. The van der Waals surface area contributed by atoms with Crippen molar-refractivity contribution < 1.29 is 18.0 Å². The quantitative estimate of drug-likeness (QED) is 0.878. The number of hydrogen-bond donors (Lipinski definition) is 1. The molecule has 3 heterocycles. The molecule has 2 fully saturated rings. The molecule has 5 atom stereocenters. The van der Waals surface area contributed by atoms with Gasteiger partial charge in [-0.1, -0.05) is 13.8 Å². The third kappa shape index (κ3) is 2.97. The zero-order valence-electron chi connectivity index (χ0n) is 15.1. The second kappa shape index (κ2) is 6.16. The summed E-state index contributed by atoms with van der Waals surface area (Å²) < 4.78 is 41.7. The summed E-state index contributed by atoms with van der Waals surface area (Å²) in [4.78, 5) is 14.5. The van der Waals surface area contributed by atoms with Gasteiger partial charge in [0.15, 0.2) is 6.04 Å². The van der Waals surface area contributed by atoms with Crippen LogP contribution in [0.4, 0.5) is 19.0 Å². The third-order valence-electron chi connectivity index (χ3n) is 6.08. The van der Waals surface area contributed by atoms with Crippen LogP contribution in [0.1, 0.15) is 63.7 Å². The fourth-order valence-electron chi connectivity index (χ4n) is 4.32. The number of anilines is 1. The number of carbonyl (C=O) groups is 1. The summed E-state index contributed by atoms with van der Waals surface area (Å²) in [7, 11) is 0. The van der Waals surface area contributed by atoms with Gasteiger partial charge in [0.2, 0.25) is 5.91 Å². The number of nitrogens with one attached hydrogen (secondary N) is 1. The number of carbonyl (C=O) groups excluding carboxylic acids is 1. The van der Waals surface area contributed by atoms with E-state index in [1.807, 2.05) is 11.8 Å². The Kier molecular flexibility index (Phi) is 4.19. The predicted octanol–water partition coefficient (Wildman–Crippen LogP) is 3.90. The standard InChI is InChI=1S/C18H25F3N4O/c1-3-11-8-15(18(19,20)21)25-16(22-11)9-13(23-25)14-5-4-6-24(14)17(26)12-7-10(12)2/h9-12,14-15,22H,3-8H2,1-2H3/t10-,11+,12+,14-,15+/m0/s1. The van der Waals surface area contributed by atoms with Gasteiger partial charge in [0.1, 0.15) is 5.82 Å².